The zero-order valence-electron chi connectivity index (χ0n) is 17.4. The van der Waals surface area contributed by atoms with E-state index >= 15 is 0 Å². The topological polar surface area (TPSA) is 77.3 Å². The lowest BCUT2D eigenvalue weighted by molar-refractivity contribution is -0.130. The van der Waals surface area contributed by atoms with E-state index in [1.807, 2.05) is 0 Å². The second-order valence-electron chi connectivity index (χ2n) is 7.35. The van der Waals surface area contributed by atoms with Crippen molar-refractivity contribution < 1.29 is 19.1 Å². The van der Waals surface area contributed by atoms with Gasteiger partial charge in [-0.1, -0.05) is 47.5 Å². The summed E-state index contributed by atoms with van der Waals surface area (Å²) in [5.41, 5.74) is 3.18. The molecule has 2 aliphatic rings. The molecule has 34 heavy (non-hydrogen) atoms. The van der Waals surface area contributed by atoms with Crippen LogP contribution in [0, 0.1) is 0 Å². The molecule has 3 aromatic carbocycles. The molecular weight excluding hydrogens is 475 g/mol. The average molecular weight is 489 g/mol. The molecule has 5 rings (SSSR count). The first-order valence-electron chi connectivity index (χ1n) is 10.1. The summed E-state index contributed by atoms with van der Waals surface area (Å²) in [6.07, 6.45) is 3.26. The number of carbonyl (C=O) groups excluding carboxylic acids is 2. The number of benzene rings is 3. The van der Waals surface area contributed by atoms with E-state index in [9.17, 15) is 9.59 Å². The van der Waals surface area contributed by atoms with Crippen molar-refractivity contribution in [1.82, 2.24) is 0 Å². The lowest BCUT2D eigenvalue weighted by Crippen LogP contribution is -2.05. The zero-order chi connectivity index (χ0) is 23.7. The maximum Gasteiger partial charge on any atom is 0.363 e. The third-order valence-corrected chi connectivity index (χ3v) is 5.47. The van der Waals surface area contributed by atoms with Crippen molar-refractivity contribution in [1.29, 1.82) is 0 Å². The van der Waals surface area contributed by atoms with Gasteiger partial charge in [-0.3, -0.25) is 0 Å². The maximum absolute atomic E-state index is 12.2. The Kier molecular flexibility index (Phi) is 5.84. The Morgan fingerprint density at radius 1 is 0.559 bits per heavy atom. The van der Waals surface area contributed by atoms with Gasteiger partial charge < -0.3 is 9.47 Å². The number of aliphatic imine (C=N–C) groups is 2. The molecule has 8 heteroatoms. The number of nitrogens with zero attached hydrogens (tertiary/aromatic N) is 2. The van der Waals surface area contributed by atoms with Crippen LogP contribution >= 0.6 is 23.2 Å². The second kappa shape index (κ2) is 9.09. The third kappa shape index (κ3) is 4.69. The molecule has 0 amide bonds. The zero-order valence-corrected chi connectivity index (χ0v) is 18.9. The number of rotatable bonds is 4. The number of halogens is 2. The summed E-state index contributed by atoms with van der Waals surface area (Å²) in [5.74, 6) is -0.616. The smallest absolute Gasteiger partial charge is 0.363 e. The second-order valence-corrected chi connectivity index (χ2v) is 8.23. The average Bonchev–Trinajstić information content (AvgIpc) is 3.38. The van der Waals surface area contributed by atoms with Crippen LogP contribution in [-0.2, 0) is 19.1 Å². The molecule has 0 saturated carbocycles. The highest BCUT2D eigenvalue weighted by Crippen LogP contribution is 2.23. The van der Waals surface area contributed by atoms with Gasteiger partial charge in [0.1, 0.15) is 0 Å². The monoisotopic (exact) mass is 488 g/mol. The number of ether oxygens (including phenoxy) is 2. The Morgan fingerprint density at radius 3 is 1.26 bits per heavy atom. The molecule has 2 aliphatic heterocycles. The minimum absolute atomic E-state index is 0.188. The molecular formula is C26H14Cl2N2O4. The summed E-state index contributed by atoms with van der Waals surface area (Å²) in [6.45, 7) is 0. The molecule has 0 aliphatic carbocycles. The van der Waals surface area contributed by atoms with Crippen LogP contribution in [0.2, 0.25) is 10.0 Å². The van der Waals surface area contributed by atoms with Crippen LogP contribution < -0.4 is 0 Å². The Balaban J connectivity index is 1.34. The quantitative estimate of drug-likeness (QED) is 0.349. The van der Waals surface area contributed by atoms with Crippen LogP contribution in [0.5, 0.6) is 0 Å². The van der Waals surface area contributed by atoms with Crippen molar-refractivity contribution in [3.63, 3.8) is 0 Å². The maximum atomic E-state index is 12.2. The summed E-state index contributed by atoms with van der Waals surface area (Å²) in [7, 11) is 0. The van der Waals surface area contributed by atoms with Gasteiger partial charge in [-0.25, -0.2) is 19.6 Å². The van der Waals surface area contributed by atoms with Gasteiger partial charge in [-0.15, -0.1) is 0 Å². The summed E-state index contributed by atoms with van der Waals surface area (Å²) >= 11 is 11.8. The van der Waals surface area contributed by atoms with Gasteiger partial charge in [-0.05, 0) is 71.8 Å². The highest BCUT2D eigenvalue weighted by Gasteiger charge is 2.25. The molecule has 0 spiro atoms. The van der Waals surface area contributed by atoms with E-state index < -0.39 is 11.9 Å². The molecule has 0 atom stereocenters. The van der Waals surface area contributed by atoms with E-state index in [-0.39, 0.29) is 23.2 Å². The van der Waals surface area contributed by atoms with E-state index in [0.29, 0.717) is 21.2 Å². The fourth-order valence-corrected chi connectivity index (χ4v) is 3.51. The molecule has 3 aromatic rings. The van der Waals surface area contributed by atoms with Crippen LogP contribution in [-0.4, -0.2) is 23.7 Å². The van der Waals surface area contributed by atoms with Crippen LogP contribution in [0.3, 0.4) is 0 Å². The minimum Gasteiger partial charge on any atom is -0.402 e. The number of cyclic esters (lactones) is 2. The molecule has 0 unspecified atom stereocenters. The Morgan fingerprint density at radius 2 is 0.912 bits per heavy atom. The van der Waals surface area contributed by atoms with Gasteiger partial charge in [0.05, 0.1) is 0 Å². The molecule has 0 saturated heterocycles. The fraction of sp³-hybridized carbons (Fsp3) is 0. The highest BCUT2D eigenvalue weighted by molar-refractivity contribution is 6.31. The SMILES string of the molecule is O=C1OC(c2ccc(Cl)cc2)=NC1=Cc1ccc(C=C2N=C(c3ccc(Cl)cc3)OC2=O)cc1. The van der Waals surface area contributed by atoms with Gasteiger partial charge in [0.2, 0.25) is 11.8 Å². The third-order valence-electron chi connectivity index (χ3n) is 4.97. The molecule has 0 bridgehead atoms. The van der Waals surface area contributed by atoms with Crippen LogP contribution in [0.15, 0.2) is 94.2 Å². The van der Waals surface area contributed by atoms with Crippen molar-refractivity contribution in [2.45, 2.75) is 0 Å². The summed E-state index contributed by atoms with van der Waals surface area (Å²) in [5, 5.41) is 1.16. The Hall–Kier alpha value is -4.00. The summed E-state index contributed by atoms with van der Waals surface area (Å²) < 4.78 is 10.5. The molecule has 0 N–H and O–H groups in total. The molecule has 0 fully saturated rings. The van der Waals surface area contributed by atoms with Crippen molar-refractivity contribution in [3.8, 4) is 0 Å². The van der Waals surface area contributed by atoms with E-state index in [1.165, 1.54) is 0 Å². The van der Waals surface area contributed by atoms with Crippen LogP contribution in [0.4, 0.5) is 0 Å². The molecule has 2 heterocycles. The van der Waals surface area contributed by atoms with Crippen LogP contribution in [0.25, 0.3) is 12.2 Å². The minimum atomic E-state index is -0.533. The fourth-order valence-electron chi connectivity index (χ4n) is 3.25. The van der Waals surface area contributed by atoms with Crippen molar-refractivity contribution in [2.75, 3.05) is 0 Å². The standard InChI is InChI=1S/C26H14Cl2N2O4/c27-19-9-5-17(6-10-19)23-29-21(25(31)33-23)13-15-1-2-16(4-3-15)14-22-26(32)34-24(30-22)18-7-11-20(28)12-8-18/h1-14H. The summed E-state index contributed by atoms with van der Waals surface area (Å²) in [4.78, 5) is 33.0. The number of hydrogen-bond donors (Lipinski definition) is 0. The van der Waals surface area contributed by atoms with Gasteiger partial charge in [0.25, 0.3) is 0 Å². The van der Waals surface area contributed by atoms with E-state index in [1.54, 1.807) is 84.9 Å². The van der Waals surface area contributed by atoms with E-state index in [4.69, 9.17) is 32.7 Å². The van der Waals surface area contributed by atoms with Gasteiger partial charge in [0, 0.05) is 21.2 Å². The summed E-state index contributed by atoms with van der Waals surface area (Å²) in [6, 6.07) is 20.9. The first kappa shape index (κ1) is 21.8. The van der Waals surface area contributed by atoms with Gasteiger partial charge >= 0.3 is 11.9 Å². The van der Waals surface area contributed by atoms with Crippen LogP contribution in [0.1, 0.15) is 22.3 Å². The molecule has 6 nitrogen and oxygen atoms in total. The Labute approximate surface area is 204 Å². The number of esters is 2. The normalized spacial score (nSPS) is 17.6. The number of carbonyl (C=O) groups is 2. The first-order valence-corrected chi connectivity index (χ1v) is 10.9. The molecule has 0 aromatic heterocycles. The lowest BCUT2D eigenvalue weighted by atomic mass is 10.1. The molecule has 0 radical (unpaired) electrons. The first-order chi connectivity index (χ1) is 16.4. The largest absolute Gasteiger partial charge is 0.402 e. The predicted molar refractivity (Wildman–Crippen MR) is 131 cm³/mol. The highest BCUT2D eigenvalue weighted by atomic mass is 35.5. The lowest BCUT2D eigenvalue weighted by Gasteiger charge is -1.98. The van der Waals surface area contributed by atoms with Crippen molar-refractivity contribution in [3.05, 3.63) is 116 Å². The number of hydrogen-bond acceptors (Lipinski definition) is 6. The molecule has 166 valence electrons. The Bertz CT molecular complexity index is 1310. The van der Waals surface area contributed by atoms with Crippen molar-refractivity contribution >= 4 is 59.1 Å². The van der Waals surface area contributed by atoms with Gasteiger partial charge in [0.15, 0.2) is 11.4 Å². The van der Waals surface area contributed by atoms with E-state index in [2.05, 4.69) is 9.98 Å². The van der Waals surface area contributed by atoms with Gasteiger partial charge in [-0.2, -0.15) is 0 Å². The van der Waals surface area contributed by atoms with Crippen molar-refractivity contribution in [2.24, 2.45) is 9.98 Å². The predicted octanol–water partition coefficient (Wildman–Crippen LogP) is 5.68. The van der Waals surface area contributed by atoms with E-state index in [0.717, 1.165) is 11.1 Å².